The third kappa shape index (κ3) is 1.57. The van der Waals surface area contributed by atoms with Crippen LogP contribution in [0.15, 0.2) is 12.5 Å². The Morgan fingerprint density at radius 2 is 2.19 bits per heavy atom. The van der Waals surface area contributed by atoms with E-state index >= 15 is 0 Å². The zero-order valence-corrected chi connectivity index (χ0v) is 9.84. The highest BCUT2D eigenvalue weighted by atomic mass is 15.2. The van der Waals surface area contributed by atoms with Crippen LogP contribution in [-0.2, 0) is 0 Å². The van der Waals surface area contributed by atoms with Crippen molar-refractivity contribution < 1.29 is 0 Å². The van der Waals surface area contributed by atoms with Gasteiger partial charge in [0.25, 0.3) is 0 Å². The van der Waals surface area contributed by atoms with E-state index in [9.17, 15) is 0 Å². The van der Waals surface area contributed by atoms with E-state index in [-0.39, 0.29) is 6.04 Å². The van der Waals surface area contributed by atoms with Crippen LogP contribution in [0, 0.1) is 5.92 Å². The molecule has 0 amide bonds. The standard InChI is InChI=1S/C12H20N4/c1-9(13)11-6-14-8-16(11)12-7-15-4-2-10(12)3-5-15/h6,8-10,12H,2-5,7,13H2,1H3/t9-,12?/m1/s1. The van der Waals surface area contributed by atoms with Crippen molar-refractivity contribution in [2.24, 2.45) is 11.7 Å². The lowest BCUT2D eigenvalue weighted by Crippen LogP contribution is -2.48. The van der Waals surface area contributed by atoms with E-state index in [4.69, 9.17) is 5.73 Å². The summed E-state index contributed by atoms with van der Waals surface area (Å²) in [6.07, 6.45) is 6.55. The number of nitrogens with two attached hydrogens (primary N) is 1. The van der Waals surface area contributed by atoms with Crippen molar-refractivity contribution in [3.8, 4) is 0 Å². The predicted octanol–water partition coefficient (Wildman–Crippen LogP) is 1.17. The first kappa shape index (κ1) is 10.3. The highest BCUT2D eigenvalue weighted by molar-refractivity contribution is 5.07. The SMILES string of the molecule is C[C@@H](N)c1cncn1C1CN2CCC1CC2. The fourth-order valence-electron chi connectivity index (χ4n) is 3.19. The second-order valence-corrected chi connectivity index (χ2v) is 5.22. The molecule has 4 rings (SSSR count). The molecule has 3 saturated heterocycles. The molecule has 1 unspecified atom stereocenters. The van der Waals surface area contributed by atoms with Gasteiger partial charge in [-0.15, -0.1) is 0 Å². The normalized spacial score (nSPS) is 35.2. The predicted molar refractivity (Wildman–Crippen MR) is 63.0 cm³/mol. The van der Waals surface area contributed by atoms with Crippen molar-refractivity contribution in [2.75, 3.05) is 19.6 Å². The van der Waals surface area contributed by atoms with E-state index in [1.165, 1.54) is 38.2 Å². The summed E-state index contributed by atoms with van der Waals surface area (Å²) in [6.45, 7) is 5.78. The Morgan fingerprint density at radius 1 is 1.44 bits per heavy atom. The molecule has 1 aromatic rings. The number of hydrogen-bond donors (Lipinski definition) is 1. The van der Waals surface area contributed by atoms with Crippen LogP contribution in [0.3, 0.4) is 0 Å². The van der Waals surface area contributed by atoms with Crippen LogP contribution in [0.25, 0.3) is 0 Å². The van der Waals surface area contributed by atoms with Gasteiger partial charge in [-0.1, -0.05) is 0 Å². The molecule has 0 aromatic carbocycles. The molecule has 2 N–H and O–H groups in total. The summed E-state index contributed by atoms with van der Waals surface area (Å²) in [6, 6.07) is 0.684. The van der Waals surface area contributed by atoms with Crippen LogP contribution in [0.2, 0.25) is 0 Å². The lowest BCUT2D eigenvalue weighted by Gasteiger charge is -2.45. The minimum atomic E-state index is 0.0814. The van der Waals surface area contributed by atoms with Gasteiger partial charge in [-0.2, -0.15) is 0 Å². The number of nitrogens with zero attached hydrogens (tertiary/aromatic N) is 3. The van der Waals surface area contributed by atoms with E-state index in [0.717, 1.165) is 5.92 Å². The zero-order chi connectivity index (χ0) is 11.1. The van der Waals surface area contributed by atoms with Gasteiger partial charge in [0.15, 0.2) is 0 Å². The van der Waals surface area contributed by atoms with Gasteiger partial charge in [-0.3, -0.25) is 0 Å². The van der Waals surface area contributed by atoms with Crippen molar-refractivity contribution in [1.29, 1.82) is 0 Å². The molecule has 0 saturated carbocycles. The Labute approximate surface area is 96.4 Å². The van der Waals surface area contributed by atoms with E-state index < -0.39 is 0 Å². The first-order valence-electron chi connectivity index (χ1n) is 6.25. The van der Waals surface area contributed by atoms with Gasteiger partial charge in [0.05, 0.1) is 18.1 Å². The van der Waals surface area contributed by atoms with E-state index in [2.05, 4.69) is 14.5 Å². The summed E-state index contributed by atoms with van der Waals surface area (Å²) < 4.78 is 2.32. The topological polar surface area (TPSA) is 47.1 Å². The third-order valence-electron chi connectivity index (χ3n) is 4.14. The summed E-state index contributed by atoms with van der Waals surface area (Å²) in [7, 11) is 0. The van der Waals surface area contributed by atoms with Gasteiger partial charge < -0.3 is 15.2 Å². The highest BCUT2D eigenvalue weighted by Crippen LogP contribution is 2.36. The van der Waals surface area contributed by atoms with Crippen molar-refractivity contribution in [3.05, 3.63) is 18.2 Å². The molecule has 2 atom stereocenters. The molecule has 4 nitrogen and oxygen atoms in total. The second kappa shape index (κ2) is 3.86. The number of imidazole rings is 1. The number of aromatic nitrogens is 2. The Hall–Kier alpha value is -0.870. The molecular weight excluding hydrogens is 200 g/mol. The molecule has 3 aliphatic heterocycles. The molecule has 4 heterocycles. The Bertz CT molecular complexity index is 363. The quantitative estimate of drug-likeness (QED) is 0.814. The smallest absolute Gasteiger partial charge is 0.0951 e. The molecule has 0 aliphatic carbocycles. The van der Waals surface area contributed by atoms with Gasteiger partial charge in [-0.25, -0.2) is 4.98 Å². The monoisotopic (exact) mass is 220 g/mol. The highest BCUT2D eigenvalue weighted by Gasteiger charge is 2.35. The summed E-state index contributed by atoms with van der Waals surface area (Å²) >= 11 is 0. The lowest BCUT2D eigenvalue weighted by atomic mass is 9.83. The fourth-order valence-corrected chi connectivity index (χ4v) is 3.19. The van der Waals surface area contributed by atoms with Crippen molar-refractivity contribution in [3.63, 3.8) is 0 Å². The van der Waals surface area contributed by atoms with E-state index in [1.54, 1.807) is 0 Å². The van der Waals surface area contributed by atoms with Crippen molar-refractivity contribution in [2.45, 2.75) is 31.8 Å². The molecule has 0 radical (unpaired) electrons. The average Bonchev–Trinajstić information content (AvgIpc) is 2.79. The maximum atomic E-state index is 5.99. The number of fused-ring (bicyclic) bond motifs is 3. The third-order valence-corrected chi connectivity index (χ3v) is 4.14. The maximum Gasteiger partial charge on any atom is 0.0951 e. The number of piperidine rings is 3. The lowest BCUT2D eigenvalue weighted by molar-refractivity contribution is 0.0554. The van der Waals surface area contributed by atoms with Gasteiger partial charge >= 0.3 is 0 Å². The van der Waals surface area contributed by atoms with Crippen LogP contribution in [-0.4, -0.2) is 34.1 Å². The van der Waals surface area contributed by atoms with Crippen molar-refractivity contribution in [1.82, 2.24) is 14.5 Å². The molecule has 1 aromatic heterocycles. The molecular formula is C12H20N4. The van der Waals surface area contributed by atoms with Crippen LogP contribution in [0.4, 0.5) is 0 Å². The molecule has 3 fully saturated rings. The minimum absolute atomic E-state index is 0.0814. The number of rotatable bonds is 2. The van der Waals surface area contributed by atoms with Gasteiger partial charge in [0, 0.05) is 18.8 Å². The van der Waals surface area contributed by atoms with Crippen LogP contribution in [0.5, 0.6) is 0 Å². The van der Waals surface area contributed by atoms with Gasteiger partial charge in [0.2, 0.25) is 0 Å². The Morgan fingerprint density at radius 3 is 2.75 bits per heavy atom. The first-order chi connectivity index (χ1) is 7.75. The van der Waals surface area contributed by atoms with E-state index in [0.29, 0.717) is 6.04 Å². The summed E-state index contributed by atoms with van der Waals surface area (Å²) in [5.41, 5.74) is 7.17. The van der Waals surface area contributed by atoms with Crippen molar-refractivity contribution >= 4 is 0 Å². The van der Waals surface area contributed by atoms with Crippen LogP contribution in [0.1, 0.15) is 37.5 Å². The first-order valence-corrected chi connectivity index (χ1v) is 6.25. The molecule has 2 bridgehead atoms. The second-order valence-electron chi connectivity index (χ2n) is 5.22. The molecule has 4 heteroatoms. The number of hydrogen-bond acceptors (Lipinski definition) is 3. The molecule has 88 valence electrons. The van der Waals surface area contributed by atoms with Gasteiger partial charge in [-0.05, 0) is 38.8 Å². The maximum absolute atomic E-state index is 5.99. The largest absolute Gasteiger partial charge is 0.328 e. The van der Waals surface area contributed by atoms with Crippen LogP contribution >= 0.6 is 0 Å². The summed E-state index contributed by atoms with van der Waals surface area (Å²) in [4.78, 5) is 6.83. The van der Waals surface area contributed by atoms with E-state index in [1.807, 2.05) is 19.4 Å². The Balaban J connectivity index is 1.89. The zero-order valence-electron chi connectivity index (χ0n) is 9.84. The fraction of sp³-hybridized carbons (Fsp3) is 0.750. The summed E-state index contributed by atoms with van der Waals surface area (Å²) in [5.74, 6) is 0.830. The average molecular weight is 220 g/mol. The summed E-state index contributed by atoms with van der Waals surface area (Å²) in [5, 5.41) is 0. The van der Waals surface area contributed by atoms with Gasteiger partial charge in [0.1, 0.15) is 0 Å². The molecule has 0 spiro atoms. The molecule has 16 heavy (non-hydrogen) atoms. The molecule has 3 aliphatic rings. The minimum Gasteiger partial charge on any atom is -0.328 e. The van der Waals surface area contributed by atoms with Crippen LogP contribution < -0.4 is 5.73 Å². The Kier molecular flexibility index (Phi) is 2.48.